The Morgan fingerprint density at radius 2 is 2.00 bits per heavy atom. The third-order valence-corrected chi connectivity index (χ3v) is 2.98. The number of amides is 1. The molecule has 23 heavy (non-hydrogen) atoms. The van der Waals surface area contributed by atoms with E-state index in [1.54, 1.807) is 0 Å². The van der Waals surface area contributed by atoms with Crippen molar-refractivity contribution in [3.63, 3.8) is 0 Å². The molecule has 2 rings (SSSR count). The van der Waals surface area contributed by atoms with Crippen LogP contribution >= 0.6 is 0 Å². The largest absolute Gasteiger partial charge is 0.445 e. The van der Waals surface area contributed by atoms with E-state index in [0.717, 1.165) is 5.56 Å². The van der Waals surface area contributed by atoms with Crippen LogP contribution in [0.5, 0.6) is 0 Å². The van der Waals surface area contributed by atoms with Crippen LogP contribution in [0.1, 0.15) is 16.7 Å². The molecule has 0 saturated heterocycles. The number of ether oxygens (including phenoxy) is 1. The fourth-order valence-corrected chi connectivity index (χ4v) is 1.81. The van der Waals surface area contributed by atoms with E-state index in [1.807, 2.05) is 30.3 Å². The van der Waals surface area contributed by atoms with Crippen molar-refractivity contribution in [3.8, 4) is 11.8 Å². The Kier molecular flexibility index (Phi) is 6.16. The van der Waals surface area contributed by atoms with Crippen LogP contribution < -0.4 is 5.32 Å². The SMILES string of the molecule is O=C(NCC#Cc1ccc(F)c(CO)c1)OCc1ccccc1. The summed E-state index contributed by atoms with van der Waals surface area (Å²) in [5, 5.41) is 11.5. The molecular formula is C18H16FNO3. The van der Waals surface area contributed by atoms with E-state index in [-0.39, 0.29) is 25.3 Å². The van der Waals surface area contributed by atoms with Gasteiger partial charge in [0.15, 0.2) is 0 Å². The Hall–Kier alpha value is -2.84. The molecule has 2 N–H and O–H groups in total. The van der Waals surface area contributed by atoms with Crippen LogP contribution in [0.4, 0.5) is 9.18 Å². The van der Waals surface area contributed by atoms with Crippen molar-refractivity contribution in [2.75, 3.05) is 6.54 Å². The molecule has 0 heterocycles. The molecule has 0 radical (unpaired) electrons. The standard InChI is InChI=1S/C18H16FNO3/c19-17-9-8-14(11-16(17)12-21)7-4-10-20-18(22)23-13-15-5-2-1-3-6-15/h1-3,5-6,8-9,11,21H,10,12-13H2,(H,20,22). The maximum absolute atomic E-state index is 13.2. The molecule has 0 spiro atoms. The minimum atomic E-state index is -0.557. The number of nitrogens with one attached hydrogen (secondary N) is 1. The first-order chi connectivity index (χ1) is 11.2. The lowest BCUT2D eigenvalue weighted by Crippen LogP contribution is -2.24. The van der Waals surface area contributed by atoms with E-state index in [9.17, 15) is 9.18 Å². The zero-order chi connectivity index (χ0) is 16.5. The van der Waals surface area contributed by atoms with Gasteiger partial charge in [0.05, 0.1) is 13.2 Å². The van der Waals surface area contributed by atoms with Gasteiger partial charge in [-0.1, -0.05) is 42.2 Å². The van der Waals surface area contributed by atoms with Crippen LogP contribution in [-0.4, -0.2) is 17.7 Å². The lowest BCUT2D eigenvalue weighted by atomic mass is 10.1. The number of halogens is 1. The fourth-order valence-electron chi connectivity index (χ4n) is 1.81. The Labute approximate surface area is 133 Å². The zero-order valence-electron chi connectivity index (χ0n) is 12.4. The summed E-state index contributed by atoms with van der Waals surface area (Å²) in [4.78, 5) is 11.5. The molecule has 0 saturated carbocycles. The van der Waals surface area contributed by atoms with Crippen LogP contribution in [0, 0.1) is 17.7 Å². The third kappa shape index (κ3) is 5.46. The second-order valence-electron chi connectivity index (χ2n) is 4.68. The zero-order valence-corrected chi connectivity index (χ0v) is 12.4. The molecule has 1 amide bonds. The highest BCUT2D eigenvalue weighted by molar-refractivity contribution is 5.67. The Morgan fingerprint density at radius 1 is 1.22 bits per heavy atom. The van der Waals surface area contributed by atoms with Crippen molar-refractivity contribution in [2.24, 2.45) is 0 Å². The first-order valence-corrected chi connectivity index (χ1v) is 7.02. The van der Waals surface area contributed by atoms with Gasteiger partial charge < -0.3 is 15.2 Å². The van der Waals surface area contributed by atoms with Gasteiger partial charge >= 0.3 is 6.09 Å². The summed E-state index contributed by atoms with van der Waals surface area (Å²) >= 11 is 0. The lowest BCUT2D eigenvalue weighted by molar-refractivity contribution is 0.141. The van der Waals surface area contributed by atoms with Gasteiger partial charge in [-0.05, 0) is 23.8 Å². The van der Waals surface area contributed by atoms with E-state index < -0.39 is 11.9 Å². The third-order valence-electron chi connectivity index (χ3n) is 2.98. The van der Waals surface area contributed by atoms with Gasteiger partial charge in [-0.15, -0.1) is 0 Å². The minimum Gasteiger partial charge on any atom is -0.445 e. The number of benzene rings is 2. The van der Waals surface area contributed by atoms with Crippen molar-refractivity contribution in [3.05, 3.63) is 71.0 Å². The van der Waals surface area contributed by atoms with Crippen molar-refractivity contribution < 1.29 is 19.0 Å². The number of aliphatic hydroxyl groups excluding tert-OH is 1. The summed E-state index contributed by atoms with van der Waals surface area (Å²) in [6.45, 7) is -0.0806. The molecule has 0 bridgehead atoms. The Morgan fingerprint density at radius 3 is 2.74 bits per heavy atom. The fraction of sp³-hybridized carbons (Fsp3) is 0.167. The monoisotopic (exact) mass is 313 g/mol. The Balaban J connectivity index is 1.77. The van der Waals surface area contributed by atoms with E-state index in [2.05, 4.69) is 17.2 Å². The summed E-state index contributed by atoms with van der Waals surface area (Å²) in [5.74, 6) is 5.04. The second kappa shape index (κ2) is 8.57. The molecule has 0 atom stereocenters. The molecule has 118 valence electrons. The maximum Gasteiger partial charge on any atom is 0.408 e. The predicted octanol–water partition coefficient (Wildman–Crippen LogP) is 2.60. The number of alkyl carbamates (subject to hydrolysis) is 1. The molecular weight excluding hydrogens is 297 g/mol. The molecule has 0 aromatic heterocycles. The normalized spacial score (nSPS) is 9.65. The average molecular weight is 313 g/mol. The highest BCUT2D eigenvalue weighted by atomic mass is 19.1. The van der Waals surface area contributed by atoms with Gasteiger partial charge in [0.1, 0.15) is 12.4 Å². The molecule has 4 nitrogen and oxygen atoms in total. The molecule has 0 aliphatic rings. The predicted molar refractivity (Wildman–Crippen MR) is 83.8 cm³/mol. The van der Waals surface area contributed by atoms with Crippen molar-refractivity contribution >= 4 is 6.09 Å². The van der Waals surface area contributed by atoms with Crippen LogP contribution in [-0.2, 0) is 18.0 Å². The lowest BCUT2D eigenvalue weighted by Gasteiger charge is -2.04. The second-order valence-corrected chi connectivity index (χ2v) is 4.68. The van der Waals surface area contributed by atoms with Crippen LogP contribution in [0.2, 0.25) is 0 Å². The van der Waals surface area contributed by atoms with Gasteiger partial charge in [0, 0.05) is 11.1 Å². The number of carbonyl (C=O) groups excluding carboxylic acids is 1. The summed E-state index contributed by atoms with van der Waals surface area (Å²) in [6, 6.07) is 13.6. The van der Waals surface area contributed by atoms with E-state index in [1.165, 1.54) is 18.2 Å². The molecule has 5 heteroatoms. The molecule has 0 fully saturated rings. The molecule has 0 aliphatic carbocycles. The summed E-state index contributed by atoms with van der Waals surface area (Å²) < 4.78 is 18.2. The number of rotatable bonds is 4. The van der Waals surface area contributed by atoms with Gasteiger partial charge in [-0.2, -0.15) is 0 Å². The summed E-state index contributed by atoms with van der Waals surface area (Å²) in [6.07, 6.45) is -0.557. The number of hydrogen-bond donors (Lipinski definition) is 2. The highest BCUT2D eigenvalue weighted by Crippen LogP contribution is 2.09. The van der Waals surface area contributed by atoms with Gasteiger partial charge in [0.25, 0.3) is 0 Å². The summed E-state index contributed by atoms with van der Waals surface area (Å²) in [7, 11) is 0. The Bertz CT molecular complexity index is 720. The van der Waals surface area contributed by atoms with E-state index in [4.69, 9.17) is 9.84 Å². The van der Waals surface area contributed by atoms with Crippen molar-refractivity contribution in [2.45, 2.75) is 13.2 Å². The highest BCUT2D eigenvalue weighted by Gasteiger charge is 2.01. The van der Waals surface area contributed by atoms with E-state index in [0.29, 0.717) is 5.56 Å². The number of hydrogen-bond acceptors (Lipinski definition) is 3. The molecule has 0 unspecified atom stereocenters. The van der Waals surface area contributed by atoms with Gasteiger partial charge in [-0.25, -0.2) is 9.18 Å². The number of carbonyl (C=O) groups is 1. The van der Waals surface area contributed by atoms with Crippen molar-refractivity contribution in [1.82, 2.24) is 5.32 Å². The maximum atomic E-state index is 13.2. The van der Waals surface area contributed by atoms with Crippen LogP contribution in [0.15, 0.2) is 48.5 Å². The molecule has 0 aliphatic heterocycles. The number of aliphatic hydroxyl groups is 1. The quantitative estimate of drug-likeness (QED) is 0.853. The van der Waals surface area contributed by atoms with E-state index >= 15 is 0 Å². The van der Waals surface area contributed by atoms with Crippen molar-refractivity contribution in [1.29, 1.82) is 0 Å². The topological polar surface area (TPSA) is 58.6 Å². The van der Waals surface area contributed by atoms with Gasteiger partial charge in [-0.3, -0.25) is 0 Å². The van der Waals surface area contributed by atoms with Crippen LogP contribution in [0.25, 0.3) is 0 Å². The molecule has 2 aromatic rings. The minimum absolute atomic E-state index is 0.111. The summed E-state index contributed by atoms with van der Waals surface area (Å²) in [5.41, 5.74) is 1.65. The van der Waals surface area contributed by atoms with Crippen LogP contribution in [0.3, 0.4) is 0 Å². The smallest absolute Gasteiger partial charge is 0.408 e. The average Bonchev–Trinajstić information content (AvgIpc) is 2.59. The van der Waals surface area contributed by atoms with Gasteiger partial charge in [0.2, 0.25) is 0 Å². The molecule has 2 aromatic carbocycles. The first-order valence-electron chi connectivity index (χ1n) is 7.02. The first kappa shape index (κ1) is 16.5.